The fourth-order valence-corrected chi connectivity index (χ4v) is 2.29. The average Bonchev–Trinajstić information content (AvgIpc) is 2.29. The molecule has 1 heterocycles. The molecular weight excluding hydrogens is 186 g/mol. The number of aliphatic hydroxyl groups excluding tert-OH is 1. The van der Waals surface area contributed by atoms with E-state index in [-0.39, 0.29) is 6.10 Å². The fraction of sp³-hybridized carbons (Fsp3) is 0.538. The zero-order valence-electron chi connectivity index (χ0n) is 9.32. The monoisotopic (exact) mass is 205 g/mol. The molecule has 0 spiro atoms. The summed E-state index contributed by atoms with van der Waals surface area (Å²) in [4.78, 5) is 2.31. The number of aryl methyl sites for hydroxylation is 1. The van der Waals surface area contributed by atoms with E-state index in [1.165, 1.54) is 11.3 Å². The average molecular weight is 205 g/mol. The molecule has 1 N–H and O–H groups in total. The highest BCUT2D eigenvalue weighted by molar-refractivity contribution is 5.54. The van der Waals surface area contributed by atoms with Crippen molar-refractivity contribution in [3.05, 3.63) is 29.8 Å². The van der Waals surface area contributed by atoms with Crippen molar-refractivity contribution >= 4 is 5.69 Å². The van der Waals surface area contributed by atoms with Crippen LogP contribution in [0.2, 0.25) is 0 Å². The molecule has 0 saturated carbocycles. The number of hydrogen-bond acceptors (Lipinski definition) is 2. The number of piperidine rings is 1. The molecule has 1 fully saturated rings. The van der Waals surface area contributed by atoms with Gasteiger partial charge in [0.15, 0.2) is 0 Å². The minimum Gasteiger partial charge on any atom is -0.391 e. The fourth-order valence-electron chi connectivity index (χ4n) is 2.29. The summed E-state index contributed by atoms with van der Waals surface area (Å²) in [5.41, 5.74) is 2.69. The molecule has 1 saturated heterocycles. The van der Waals surface area contributed by atoms with Gasteiger partial charge in [0.05, 0.1) is 6.10 Å². The van der Waals surface area contributed by atoms with E-state index in [1.807, 2.05) is 0 Å². The number of rotatable bonds is 2. The van der Waals surface area contributed by atoms with Crippen LogP contribution in [0.4, 0.5) is 5.69 Å². The summed E-state index contributed by atoms with van der Waals surface area (Å²) < 4.78 is 0. The van der Waals surface area contributed by atoms with Crippen molar-refractivity contribution < 1.29 is 5.11 Å². The van der Waals surface area contributed by atoms with Crippen LogP contribution in [0.5, 0.6) is 0 Å². The lowest BCUT2D eigenvalue weighted by atomic mass is 10.0. The summed E-state index contributed by atoms with van der Waals surface area (Å²) in [6.45, 7) is 4.05. The largest absolute Gasteiger partial charge is 0.391 e. The normalized spacial score (nSPS) is 21.7. The van der Waals surface area contributed by atoms with Crippen LogP contribution >= 0.6 is 0 Å². The molecule has 82 valence electrons. The minimum absolute atomic E-state index is 0.149. The quantitative estimate of drug-likeness (QED) is 0.800. The Hall–Kier alpha value is -1.02. The van der Waals surface area contributed by atoms with Crippen LogP contribution in [0.15, 0.2) is 24.3 Å². The van der Waals surface area contributed by atoms with Gasteiger partial charge < -0.3 is 10.0 Å². The first kappa shape index (κ1) is 10.5. The van der Waals surface area contributed by atoms with E-state index < -0.39 is 0 Å². The molecule has 2 nitrogen and oxygen atoms in total. The van der Waals surface area contributed by atoms with Gasteiger partial charge in [-0.05, 0) is 30.9 Å². The van der Waals surface area contributed by atoms with Gasteiger partial charge in [-0.25, -0.2) is 0 Å². The Balaban J connectivity index is 2.20. The molecule has 0 aromatic heterocycles. The maximum Gasteiger partial charge on any atom is 0.0715 e. The number of hydrogen-bond donors (Lipinski definition) is 1. The summed E-state index contributed by atoms with van der Waals surface area (Å²) in [5.74, 6) is 0. The van der Waals surface area contributed by atoms with E-state index >= 15 is 0 Å². The molecule has 1 unspecified atom stereocenters. The second kappa shape index (κ2) is 4.67. The highest BCUT2D eigenvalue weighted by Crippen LogP contribution is 2.24. The Morgan fingerprint density at radius 2 is 2.20 bits per heavy atom. The molecule has 2 heteroatoms. The minimum atomic E-state index is -0.149. The first-order chi connectivity index (χ1) is 7.31. The number of anilines is 1. The molecule has 15 heavy (non-hydrogen) atoms. The molecular formula is C13H19NO. The van der Waals surface area contributed by atoms with Gasteiger partial charge in [0, 0.05) is 18.8 Å². The van der Waals surface area contributed by atoms with Gasteiger partial charge in [-0.2, -0.15) is 0 Å². The van der Waals surface area contributed by atoms with Crippen LogP contribution in [0.25, 0.3) is 0 Å². The van der Waals surface area contributed by atoms with E-state index in [2.05, 4.69) is 36.1 Å². The Labute approximate surface area is 91.5 Å². The Kier molecular flexibility index (Phi) is 3.27. The number of aliphatic hydroxyl groups is 1. The third-order valence-electron chi connectivity index (χ3n) is 3.11. The molecule has 0 aliphatic carbocycles. The predicted molar refractivity (Wildman–Crippen MR) is 63.3 cm³/mol. The van der Waals surface area contributed by atoms with Crippen LogP contribution in [-0.2, 0) is 6.42 Å². The van der Waals surface area contributed by atoms with Crippen LogP contribution in [0, 0.1) is 0 Å². The Morgan fingerprint density at radius 1 is 1.40 bits per heavy atom. The van der Waals surface area contributed by atoms with Crippen molar-refractivity contribution in [2.24, 2.45) is 0 Å². The summed E-state index contributed by atoms with van der Waals surface area (Å²) in [6.07, 6.45) is 2.95. The van der Waals surface area contributed by atoms with Crippen molar-refractivity contribution in [1.29, 1.82) is 0 Å². The summed E-state index contributed by atoms with van der Waals surface area (Å²) >= 11 is 0. The zero-order valence-corrected chi connectivity index (χ0v) is 9.32. The van der Waals surface area contributed by atoms with E-state index in [1.54, 1.807) is 0 Å². The third-order valence-corrected chi connectivity index (χ3v) is 3.11. The van der Waals surface area contributed by atoms with E-state index in [0.717, 1.165) is 32.4 Å². The third kappa shape index (κ3) is 2.32. The number of nitrogens with zero attached hydrogens (tertiary/aromatic N) is 1. The first-order valence-corrected chi connectivity index (χ1v) is 5.82. The lowest BCUT2D eigenvalue weighted by Gasteiger charge is -2.33. The zero-order chi connectivity index (χ0) is 10.7. The van der Waals surface area contributed by atoms with Gasteiger partial charge in [0.2, 0.25) is 0 Å². The highest BCUT2D eigenvalue weighted by Gasteiger charge is 2.18. The lowest BCUT2D eigenvalue weighted by molar-refractivity contribution is 0.154. The van der Waals surface area contributed by atoms with E-state index in [0.29, 0.717) is 0 Å². The van der Waals surface area contributed by atoms with Crippen molar-refractivity contribution in [1.82, 2.24) is 0 Å². The van der Waals surface area contributed by atoms with Crippen molar-refractivity contribution in [3.8, 4) is 0 Å². The van der Waals surface area contributed by atoms with Gasteiger partial charge in [0.1, 0.15) is 0 Å². The maximum absolute atomic E-state index is 9.66. The van der Waals surface area contributed by atoms with Crippen molar-refractivity contribution in [2.45, 2.75) is 32.3 Å². The number of benzene rings is 1. The molecule has 0 bridgehead atoms. The summed E-state index contributed by atoms with van der Waals surface area (Å²) in [5, 5.41) is 9.66. The smallest absolute Gasteiger partial charge is 0.0715 e. The summed E-state index contributed by atoms with van der Waals surface area (Å²) in [6, 6.07) is 8.51. The number of β-amino-alcohol motifs (C(OH)–C–C–N with tert-alkyl or cyclic N) is 1. The topological polar surface area (TPSA) is 23.5 Å². The molecule has 0 radical (unpaired) electrons. The molecule has 1 aliphatic heterocycles. The van der Waals surface area contributed by atoms with Crippen LogP contribution < -0.4 is 4.90 Å². The second-order valence-electron chi connectivity index (χ2n) is 4.22. The lowest BCUT2D eigenvalue weighted by Crippen LogP contribution is -2.38. The standard InChI is InChI=1S/C13H19NO/c1-2-11-6-3-4-8-13(11)14-9-5-7-12(15)10-14/h3-4,6,8,12,15H,2,5,7,9-10H2,1H3. The molecule has 0 amide bonds. The molecule has 2 rings (SSSR count). The molecule has 1 atom stereocenters. The van der Waals surface area contributed by atoms with Gasteiger partial charge >= 0.3 is 0 Å². The van der Waals surface area contributed by atoms with Gasteiger partial charge in [-0.3, -0.25) is 0 Å². The molecule has 1 aromatic carbocycles. The Bertz CT molecular complexity index is 324. The van der Waals surface area contributed by atoms with Gasteiger partial charge in [-0.15, -0.1) is 0 Å². The Morgan fingerprint density at radius 3 is 2.93 bits per heavy atom. The van der Waals surface area contributed by atoms with E-state index in [4.69, 9.17) is 0 Å². The summed E-state index contributed by atoms with van der Waals surface area (Å²) in [7, 11) is 0. The van der Waals surface area contributed by atoms with Crippen molar-refractivity contribution in [2.75, 3.05) is 18.0 Å². The number of para-hydroxylation sites is 1. The molecule has 1 aliphatic rings. The van der Waals surface area contributed by atoms with Crippen molar-refractivity contribution in [3.63, 3.8) is 0 Å². The van der Waals surface area contributed by atoms with Crippen LogP contribution in [-0.4, -0.2) is 24.3 Å². The van der Waals surface area contributed by atoms with Crippen LogP contribution in [0.1, 0.15) is 25.3 Å². The highest BCUT2D eigenvalue weighted by atomic mass is 16.3. The van der Waals surface area contributed by atoms with Gasteiger partial charge in [-0.1, -0.05) is 25.1 Å². The SMILES string of the molecule is CCc1ccccc1N1CCCC(O)C1. The van der Waals surface area contributed by atoms with Gasteiger partial charge in [0.25, 0.3) is 0 Å². The molecule has 1 aromatic rings. The first-order valence-electron chi connectivity index (χ1n) is 5.82. The maximum atomic E-state index is 9.66. The van der Waals surface area contributed by atoms with Crippen LogP contribution in [0.3, 0.4) is 0 Å². The second-order valence-corrected chi connectivity index (χ2v) is 4.22. The predicted octanol–water partition coefficient (Wildman–Crippen LogP) is 2.21. The van der Waals surface area contributed by atoms with E-state index in [9.17, 15) is 5.11 Å².